The van der Waals surface area contributed by atoms with Gasteiger partial charge in [-0.05, 0) is 29.5 Å². The van der Waals surface area contributed by atoms with Gasteiger partial charge in [0.2, 0.25) is 0 Å². The molecule has 0 unspecified atom stereocenters. The molecule has 88 valence electrons. The minimum atomic E-state index is -0.206. The highest BCUT2D eigenvalue weighted by molar-refractivity contribution is 14.1. The second kappa shape index (κ2) is 6.62. The monoisotopic (exact) mass is 335 g/mol. The molecule has 16 heavy (non-hydrogen) atoms. The smallest absolute Gasteiger partial charge is 0.307 e. The van der Waals surface area contributed by atoms with E-state index in [2.05, 4.69) is 37.3 Å². The van der Waals surface area contributed by atoms with Crippen molar-refractivity contribution in [2.24, 2.45) is 0 Å². The molecule has 0 aliphatic heterocycles. The molecule has 1 rings (SSSR count). The highest BCUT2D eigenvalue weighted by Crippen LogP contribution is 2.17. The van der Waals surface area contributed by atoms with Crippen LogP contribution >= 0.6 is 22.6 Å². The van der Waals surface area contributed by atoms with Crippen LogP contribution in [0.2, 0.25) is 0 Å². The molecule has 0 radical (unpaired) electrons. The van der Waals surface area contributed by atoms with Gasteiger partial charge < -0.3 is 9.64 Å². The molecule has 0 aromatic carbocycles. The molecule has 0 saturated carbocycles. The van der Waals surface area contributed by atoms with E-state index in [1.54, 1.807) is 6.20 Å². The average Bonchev–Trinajstić information content (AvgIpc) is 2.31. The van der Waals surface area contributed by atoms with Gasteiger partial charge in [0.15, 0.2) is 0 Å². The summed E-state index contributed by atoms with van der Waals surface area (Å²) in [4.78, 5) is 21.2. The minimum absolute atomic E-state index is 0.206. The third-order valence-corrected chi connectivity index (χ3v) is 2.90. The van der Waals surface area contributed by atoms with E-state index in [-0.39, 0.29) is 5.97 Å². The highest BCUT2D eigenvalue weighted by atomic mass is 127. The zero-order valence-electron chi connectivity index (χ0n) is 9.31. The van der Waals surface area contributed by atoms with Crippen molar-refractivity contribution in [1.82, 2.24) is 9.97 Å². The molecule has 0 amide bonds. The number of ether oxygens (including phenoxy) is 1. The number of hydrogen-bond acceptors (Lipinski definition) is 5. The van der Waals surface area contributed by atoms with Gasteiger partial charge in [0.1, 0.15) is 12.1 Å². The minimum Gasteiger partial charge on any atom is -0.469 e. The van der Waals surface area contributed by atoms with E-state index in [1.807, 2.05) is 11.8 Å². The number of halogens is 1. The molecule has 0 bridgehead atoms. The Morgan fingerprint density at radius 2 is 2.38 bits per heavy atom. The van der Waals surface area contributed by atoms with Crippen LogP contribution in [0.5, 0.6) is 0 Å². The van der Waals surface area contributed by atoms with Gasteiger partial charge in [-0.2, -0.15) is 0 Å². The zero-order valence-corrected chi connectivity index (χ0v) is 11.5. The zero-order chi connectivity index (χ0) is 12.0. The number of carbonyl (C=O) groups excluding carboxylic acids is 1. The van der Waals surface area contributed by atoms with E-state index in [4.69, 9.17) is 0 Å². The number of rotatable bonds is 5. The van der Waals surface area contributed by atoms with Gasteiger partial charge in [-0.25, -0.2) is 9.97 Å². The largest absolute Gasteiger partial charge is 0.469 e. The van der Waals surface area contributed by atoms with Crippen LogP contribution in [0.4, 0.5) is 5.82 Å². The van der Waals surface area contributed by atoms with Gasteiger partial charge in [0, 0.05) is 19.3 Å². The van der Waals surface area contributed by atoms with Crippen LogP contribution in [-0.2, 0) is 9.53 Å². The lowest BCUT2D eigenvalue weighted by Crippen LogP contribution is -2.27. The van der Waals surface area contributed by atoms with Crippen molar-refractivity contribution in [1.29, 1.82) is 0 Å². The van der Waals surface area contributed by atoms with Crippen LogP contribution in [0.1, 0.15) is 13.3 Å². The fourth-order valence-corrected chi connectivity index (χ4v) is 1.92. The maximum atomic E-state index is 11.1. The Hall–Kier alpha value is -0.920. The van der Waals surface area contributed by atoms with E-state index in [0.717, 1.165) is 15.9 Å². The predicted molar refractivity (Wildman–Crippen MR) is 69.3 cm³/mol. The first-order chi connectivity index (χ1) is 7.69. The molecule has 6 heteroatoms. The standard InChI is InChI=1S/C10H14IN3O2/c1-3-14(5-4-9(15)16-2)10-8(11)6-12-7-13-10/h6-7H,3-5H2,1-2H3. The Labute approximate surface area is 108 Å². The van der Waals surface area contributed by atoms with Crippen LogP contribution in [0, 0.1) is 3.57 Å². The topological polar surface area (TPSA) is 55.3 Å². The Kier molecular flexibility index (Phi) is 5.44. The Morgan fingerprint density at radius 3 is 2.94 bits per heavy atom. The van der Waals surface area contributed by atoms with Crippen LogP contribution in [0.25, 0.3) is 0 Å². The van der Waals surface area contributed by atoms with E-state index < -0.39 is 0 Å². The van der Waals surface area contributed by atoms with Gasteiger partial charge in [-0.3, -0.25) is 4.79 Å². The Morgan fingerprint density at radius 1 is 1.62 bits per heavy atom. The normalized spacial score (nSPS) is 9.94. The molecular formula is C10H14IN3O2. The number of esters is 1. The summed E-state index contributed by atoms with van der Waals surface area (Å²) in [6, 6.07) is 0. The van der Waals surface area contributed by atoms with Crippen LogP contribution in [0.15, 0.2) is 12.5 Å². The number of methoxy groups -OCH3 is 1. The summed E-state index contributed by atoms with van der Waals surface area (Å²) >= 11 is 2.18. The summed E-state index contributed by atoms with van der Waals surface area (Å²) in [6.07, 6.45) is 3.63. The summed E-state index contributed by atoms with van der Waals surface area (Å²) in [5.74, 6) is 0.657. The molecule has 5 nitrogen and oxygen atoms in total. The fraction of sp³-hybridized carbons (Fsp3) is 0.500. The third-order valence-electron chi connectivity index (χ3n) is 2.14. The number of anilines is 1. The summed E-state index contributed by atoms with van der Waals surface area (Å²) in [5, 5.41) is 0. The van der Waals surface area contributed by atoms with E-state index in [1.165, 1.54) is 13.4 Å². The van der Waals surface area contributed by atoms with Gasteiger partial charge in [-0.1, -0.05) is 0 Å². The van der Waals surface area contributed by atoms with Gasteiger partial charge in [-0.15, -0.1) is 0 Å². The second-order valence-electron chi connectivity index (χ2n) is 3.10. The molecule has 0 aliphatic rings. The summed E-state index contributed by atoms with van der Waals surface area (Å²) < 4.78 is 5.59. The van der Waals surface area contributed by atoms with Crippen molar-refractivity contribution in [2.75, 3.05) is 25.1 Å². The SMILES string of the molecule is CCN(CCC(=O)OC)c1ncncc1I. The van der Waals surface area contributed by atoms with Crippen molar-refractivity contribution in [3.8, 4) is 0 Å². The molecule has 0 N–H and O–H groups in total. The molecule has 0 spiro atoms. The molecule has 1 heterocycles. The fourth-order valence-electron chi connectivity index (χ4n) is 1.28. The lowest BCUT2D eigenvalue weighted by molar-refractivity contribution is -0.140. The van der Waals surface area contributed by atoms with Crippen LogP contribution < -0.4 is 4.90 Å². The lowest BCUT2D eigenvalue weighted by atomic mass is 10.3. The van der Waals surface area contributed by atoms with Crippen LogP contribution in [0.3, 0.4) is 0 Å². The van der Waals surface area contributed by atoms with Gasteiger partial charge >= 0.3 is 5.97 Å². The van der Waals surface area contributed by atoms with Gasteiger partial charge in [0.05, 0.1) is 17.1 Å². The van der Waals surface area contributed by atoms with Crippen LogP contribution in [-0.4, -0.2) is 36.1 Å². The van der Waals surface area contributed by atoms with E-state index in [0.29, 0.717) is 13.0 Å². The van der Waals surface area contributed by atoms with E-state index in [9.17, 15) is 4.79 Å². The quantitative estimate of drug-likeness (QED) is 0.603. The van der Waals surface area contributed by atoms with Crippen molar-refractivity contribution < 1.29 is 9.53 Å². The average molecular weight is 335 g/mol. The Balaban J connectivity index is 2.68. The summed E-state index contributed by atoms with van der Waals surface area (Å²) in [6.45, 7) is 3.43. The molecule has 1 aromatic rings. The number of carbonyl (C=O) groups is 1. The molecule has 0 saturated heterocycles. The maximum Gasteiger partial charge on any atom is 0.307 e. The molecule has 1 aromatic heterocycles. The number of nitrogens with zero attached hydrogens (tertiary/aromatic N) is 3. The first kappa shape index (κ1) is 13.1. The lowest BCUT2D eigenvalue weighted by Gasteiger charge is -2.21. The number of aromatic nitrogens is 2. The highest BCUT2D eigenvalue weighted by Gasteiger charge is 2.11. The van der Waals surface area contributed by atoms with Crippen molar-refractivity contribution in [2.45, 2.75) is 13.3 Å². The van der Waals surface area contributed by atoms with E-state index >= 15 is 0 Å². The Bertz CT molecular complexity index is 360. The van der Waals surface area contributed by atoms with Crippen molar-refractivity contribution >= 4 is 34.4 Å². The summed E-state index contributed by atoms with van der Waals surface area (Å²) in [7, 11) is 1.40. The molecule has 0 fully saturated rings. The summed E-state index contributed by atoms with van der Waals surface area (Å²) in [5.41, 5.74) is 0. The predicted octanol–water partition coefficient (Wildman–Crippen LogP) is 1.47. The van der Waals surface area contributed by atoms with Crippen molar-refractivity contribution in [3.63, 3.8) is 0 Å². The number of hydrogen-bond donors (Lipinski definition) is 0. The molecular weight excluding hydrogens is 321 g/mol. The second-order valence-corrected chi connectivity index (χ2v) is 4.26. The van der Waals surface area contributed by atoms with Crippen molar-refractivity contribution in [3.05, 3.63) is 16.1 Å². The first-order valence-electron chi connectivity index (χ1n) is 4.96. The first-order valence-corrected chi connectivity index (χ1v) is 6.04. The molecule has 0 aliphatic carbocycles. The molecule has 0 atom stereocenters. The third kappa shape index (κ3) is 3.58. The van der Waals surface area contributed by atoms with Gasteiger partial charge in [0.25, 0.3) is 0 Å². The maximum absolute atomic E-state index is 11.1.